The summed E-state index contributed by atoms with van der Waals surface area (Å²) in [6.07, 6.45) is 7.98. The summed E-state index contributed by atoms with van der Waals surface area (Å²) in [5.41, 5.74) is 0.865. The molecule has 3 fully saturated rings. The number of piperidine rings is 1. The van der Waals surface area contributed by atoms with Gasteiger partial charge in [0.1, 0.15) is 5.75 Å². The van der Waals surface area contributed by atoms with Crippen molar-refractivity contribution in [2.24, 2.45) is 0 Å². The fourth-order valence-electron chi connectivity index (χ4n) is 4.96. The van der Waals surface area contributed by atoms with E-state index >= 15 is 0 Å². The van der Waals surface area contributed by atoms with Crippen molar-refractivity contribution in [3.63, 3.8) is 0 Å². The molecule has 0 spiro atoms. The van der Waals surface area contributed by atoms with E-state index in [0.717, 1.165) is 69.6 Å². The molecule has 3 aliphatic rings. The van der Waals surface area contributed by atoms with E-state index < -0.39 is 0 Å². The van der Waals surface area contributed by atoms with Crippen LogP contribution in [0.4, 0.5) is 0 Å². The number of likely N-dealkylation sites (tertiary alicyclic amines) is 1. The molecule has 2 heterocycles. The van der Waals surface area contributed by atoms with Crippen molar-refractivity contribution in [3.8, 4) is 5.75 Å². The number of hydrogen-bond acceptors (Lipinski definition) is 4. The molecule has 1 saturated carbocycles. The quantitative estimate of drug-likeness (QED) is 0.700. The predicted octanol–water partition coefficient (Wildman–Crippen LogP) is 3.22. The lowest BCUT2D eigenvalue weighted by molar-refractivity contribution is -0.136. The first-order chi connectivity index (χ1) is 13.7. The molecule has 1 amide bonds. The highest BCUT2D eigenvalue weighted by Gasteiger charge is 2.53. The van der Waals surface area contributed by atoms with Crippen molar-refractivity contribution in [1.29, 1.82) is 0 Å². The normalized spacial score (nSPS) is 23.3. The first kappa shape index (κ1) is 22.4. The number of nitrogens with one attached hydrogen (secondary N) is 1. The van der Waals surface area contributed by atoms with E-state index in [1.54, 1.807) is 7.11 Å². The van der Waals surface area contributed by atoms with Crippen molar-refractivity contribution < 1.29 is 9.53 Å². The molecule has 162 valence electrons. The van der Waals surface area contributed by atoms with E-state index in [-0.39, 0.29) is 17.8 Å². The number of amides is 1. The molecule has 0 radical (unpaired) electrons. The van der Waals surface area contributed by atoms with E-state index in [2.05, 4.69) is 27.2 Å². The summed E-state index contributed by atoms with van der Waals surface area (Å²) < 4.78 is 5.30. The van der Waals surface area contributed by atoms with Gasteiger partial charge in [-0.2, -0.15) is 0 Å². The summed E-state index contributed by atoms with van der Waals surface area (Å²) in [7, 11) is 1.69. The smallest absolute Gasteiger partial charge is 0.233 e. The highest BCUT2D eigenvalue weighted by Crippen LogP contribution is 2.50. The van der Waals surface area contributed by atoms with Crippen LogP contribution in [0.2, 0.25) is 0 Å². The van der Waals surface area contributed by atoms with Gasteiger partial charge in [0.25, 0.3) is 0 Å². The number of hydrogen-bond donors (Lipinski definition) is 1. The van der Waals surface area contributed by atoms with E-state index in [4.69, 9.17) is 4.74 Å². The van der Waals surface area contributed by atoms with Gasteiger partial charge in [0.15, 0.2) is 0 Å². The Morgan fingerprint density at radius 3 is 2.52 bits per heavy atom. The maximum atomic E-state index is 13.8. The van der Waals surface area contributed by atoms with Gasteiger partial charge in [-0.25, -0.2) is 0 Å². The maximum absolute atomic E-state index is 13.8. The van der Waals surface area contributed by atoms with Crippen LogP contribution in [0, 0.1) is 0 Å². The van der Waals surface area contributed by atoms with Gasteiger partial charge in [-0.05, 0) is 88.8 Å². The zero-order valence-electron chi connectivity index (χ0n) is 17.7. The number of benzene rings is 1. The zero-order valence-corrected chi connectivity index (χ0v) is 18.5. The Hall–Kier alpha value is -1.30. The van der Waals surface area contributed by atoms with Crippen molar-refractivity contribution in [1.82, 2.24) is 15.1 Å². The topological polar surface area (TPSA) is 44.8 Å². The number of rotatable bonds is 8. The van der Waals surface area contributed by atoms with Gasteiger partial charge in [-0.15, -0.1) is 12.4 Å². The van der Waals surface area contributed by atoms with Crippen LogP contribution in [0.3, 0.4) is 0 Å². The second-order valence-corrected chi connectivity index (χ2v) is 8.71. The third-order valence-electron chi connectivity index (χ3n) is 6.85. The summed E-state index contributed by atoms with van der Waals surface area (Å²) in [6, 6.07) is 8.50. The summed E-state index contributed by atoms with van der Waals surface area (Å²) in [5, 5.41) is 3.51. The largest absolute Gasteiger partial charge is 0.497 e. The third-order valence-corrected chi connectivity index (χ3v) is 6.85. The predicted molar refractivity (Wildman–Crippen MR) is 119 cm³/mol. The molecule has 2 aliphatic heterocycles. The van der Waals surface area contributed by atoms with Crippen LogP contribution < -0.4 is 10.1 Å². The minimum atomic E-state index is -0.294. The van der Waals surface area contributed by atoms with Gasteiger partial charge in [0, 0.05) is 19.1 Å². The lowest BCUT2D eigenvalue weighted by Gasteiger charge is -2.37. The standard InChI is InChI=1S/C23H35N3O2.ClH/c1-28-21-9-7-19(8-10-21)23(11-12-23)22(27)26(20-6-4-13-24-18-20)17-5-16-25-14-2-3-15-25;/h7-10,20,24H,2-6,11-18H2,1H3;1H. The molecule has 29 heavy (non-hydrogen) atoms. The fraction of sp³-hybridized carbons (Fsp3) is 0.696. The average molecular weight is 422 g/mol. The molecule has 1 N–H and O–H groups in total. The molecule has 1 atom stereocenters. The minimum Gasteiger partial charge on any atom is -0.497 e. The Morgan fingerprint density at radius 1 is 1.21 bits per heavy atom. The highest BCUT2D eigenvalue weighted by atomic mass is 35.5. The van der Waals surface area contributed by atoms with Gasteiger partial charge in [0.05, 0.1) is 12.5 Å². The molecule has 4 rings (SSSR count). The van der Waals surface area contributed by atoms with Crippen LogP contribution in [0.25, 0.3) is 0 Å². The summed E-state index contributed by atoms with van der Waals surface area (Å²) >= 11 is 0. The molecule has 0 bridgehead atoms. The van der Waals surface area contributed by atoms with Gasteiger partial charge in [-0.3, -0.25) is 4.79 Å². The van der Waals surface area contributed by atoms with Crippen molar-refractivity contribution in [3.05, 3.63) is 29.8 Å². The Kier molecular flexibility index (Phi) is 7.83. The SMILES string of the molecule is COc1ccc(C2(C(=O)N(CCCN3CCCC3)C3CCCNC3)CC2)cc1.Cl. The van der Waals surface area contributed by atoms with Gasteiger partial charge in [0.2, 0.25) is 5.91 Å². The third kappa shape index (κ3) is 5.07. The summed E-state index contributed by atoms with van der Waals surface area (Å²) in [5.74, 6) is 1.21. The second-order valence-electron chi connectivity index (χ2n) is 8.71. The Bertz CT molecular complexity index is 651. The van der Waals surface area contributed by atoms with Crippen LogP contribution >= 0.6 is 12.4 Å². The van der Waals surface area contributed by atoms with Crippen molar-refractivity contribution in [2.75, 3.05) is 46.4 Å². The summed E-state index contributed by atoms with van der Waals surface area (Å²) in [4.78, 5) is 18.6. The van der Waals surface area contributed by atoms with Gasteiger partial charge < -0.3 is 19.9 Å². The molecule has 1 aliphatic carbocycles. The van der Waals surface area contributed by atoms with Crippen LogP contribution in [-0.4, -0.2) is 68.1 Å². The molecule has 0 aromatic heterocycles. The molecule has 1 unspecified atom stereocenters. The van der Waals surface area contributed by atoms with Crippen LogP contribution in [-0.2, 0) is 10.2 Å². The second kappa shape index (κ2) is 10.1. The van der Waals surface area contributed by atoms with Gasteiger partial charge in [-0.1, -0.05) is 12.1 Å². The molecule has 1 aromatic carbocycles. The Balaban J connectivity index is 0.00000240. The summed E-state index contributed by atoms with van der Waals surface area (Å²) in [6.45, 7) is 6.49. The number of nitrogens with zero attached hydrogens (tertiary/aromatic N) is 2. The van der Waals surface area contributed by atoms with E-state index in [1.807, 2.05) is 12.1 Å². The lowest BCUT2D eigenvalue weighted by Crippen LogP contribution is -2.52. The number of halogens is 1. The van der Waals surface area contributed by atoms with E-state index in [0.29, 0.717) is 11.9 Å². The van der Waals surface area contributed by atoms with Gasteiger partial charge >= 0.3 is 0 Å². The van der Waals surface area contributed by atoms with E-state index in [1.165, 1.54) is 25.9 Å². The first-order valence-corrected chi connectivity index (χ1v) is 11.1. The van der Waals surface area contributed by atoms with Crippen molar-refractivity contribution in [2.45, 2.75) is 56.4 Å². The Morgan fingerprint density at radius 2 is 1.93 bits per heavy atom. The first-order valence-electron chi connectivity index (χ1n) is 11.1. The number of carbonyl (C=O) groups excluding carboxylic acids is 1. The van der Waals surface area contributed by atoms with Crippen LogP contribution in [0.15, 0.2) is 24.3 Å². The molecular weight excluding hydrogens is 386 g/mol. The molecule has 6 heteroatoms. The number of carbonyl (C=O) groups is 1. The van der Waals surface area contributed by atoms with E-state index in [9.17, 15) is 4.79 Å². The number of methoxy groups -OCH3 is 1. The van der Waals surface area contributed by atoms with Crippen LogP contribution in [0.5, 0.6) is 5.75 Å². The Labute approximate surface area is 181 Å². The molecular formula is C23H36ClN3O2. The lowest BCUT2D eigenvalue weighted by atomic mass is 9.92. The van der Waals surface area contributed by atoms with Crippen molar-refractivity contribution >= 4 is 18.3 Å². The number of ether oxygens (including phenoxy) is 1. The monoisotopic (exact) mass is 421 g/mol. The molecule has 1 aromatic rings. The highest BCUT2D eigenvalue weighted by molar-refractivity contribution is 5.91. The molecule has 5 nitrogen and oxygen atoms in total. The zero-order chi connectivity index (χ0) is 19.4. The maximum Gasteiger partial charge on any atom is 0.233 e. The average Bonchev–Trinajstić information content (AvgIpc) is 3.40. The molecule has 2 saturated heterocycles. The minimum absolute atomic E-state index is 0. The van der Waals surface area contributed by atoms with Crippen LogP contribution in [0.1, 0.15) is 50.5 Å². The fourth-order valence-corrected chi connectivity index (χ4v) is 4.96.